The molecule has 1 aliphatic heterocycles. The van der Waals surface area contributed by atoms with Gasteiger partial charge < -0.3 is 10.6 Å². The van der Waals surface area contributed by atoms with E-state index in [2.05, 4.69) is 36.1 Å². The van der Waals surface area contributed by atoms with Crippen LogP contribution in [0.4, 0.5) is 0 Å². The summed E-state index contributed by atoms with van der Waals surface area (Å²) in [4.78, 5) is 13.3. The number of nitrogens with zero attached hydrogens (tertiary/aromatic N) is 2. The summed E-state index contributed by atoms with van der Waals surface area (Å²) in [5.74, 6) is 0.529. The van der Waals surface area contributed by atoms with Gasteiger partial charge >= 0.3 is 0 Å². The number of thiocarbonyl (C=S) groups is 1. The molecule has 0 saturated carbocycles. The second-order valence-corrected chi connectivity index (χ2v) is 7.32. The molecule has 0 spiro atoms. The van der Waals surface area contributed by atoms with E-state index in [4.69, 9.17) is 18.0 Å². The average Bonchev–Trinajstić information content (AvgIpc) is 2.66. The van der Waals surface area contributed by atoms with Crippen LogP contribution in [-0.4, -0.2) is 23.0 Å². The van der Waals surface area contributed by atoms with Crippen molar-refractivity contribution in [3.8, 4) is 0 Å². The molecule has 5 heteroatoms. The molecule has 0 unspecified atom stereocenters. The Morgan fingerprint density at radius 2 is 1.96 bits per heavy atom. The lowest BCUT2D eigenvalue weighted by molar-refractivity contribution is 0.291. The molecule has 0 amide bonds. The van der Waals surface area contributed by atoms with E-state index in [1.54, 1.807) is 0 Å². The first-order chi connectivity index (χ1) is 12.5. The minimum atomic E-state index is 0.0825. The summed E-state index contributed by atoms with van der Waals surface area (Å²) in [5.41, 5.74) is 12.5. The van der Waals surface area contributed by atoms with E-state index in [1.165, 1.54) is 5.56 Å². The zero-order chi connectivity index (χ0) is 18.7. The van der Waals surface area contributed by atoms with E-state index in [-0.39, 0.29) is 4.99 Å². The Kier molecular flexibility index (Phi) is 5.59. The normalized spacial score (nSPS) is 13.8. The number of fused-ring (bicyclic) bond motifs is 1. The predicted molar refractivity (Wildman–Crippen MR) is 111 cm³/mol. The molecule has 3 rings (SSSR count). The van der Waals surface area contributed by atoms with Crippen LogP contribution in [0, 0.1) is 10.8 Å². The molecule has 0 aliphatic carbocycles. The summed E-state index contributed by atoms with van der Waals surface area (Å²) in [6, 6.07) is 16.1. The van der Waals surface area contributed by atoms with Crippen LogP contribution in [0.1, 0.15) is 36.1 Å². The summed E-state index contributed by atoms with van der Waals surface area (Å²) in [6.45, 7) is 6.62. The first-order valence-electron chi connectivity index (χ1n) is 8.79. The molecule has 0 bridgehead atoms. The molecule has 2 aromatic rings. The third-order valence-electron chi connectivity index (χ3n) is 4.58. The fourth-order valence-electron chi connectivity index (χ4n) is 3.52. The van der Waals surface area contributed by atoms with Gasteiger partial charge in [-0.15, -0.1) is 4.91 Å². The molecule has 4 nitrogen and oxygen atoms in total. The van der Waals surface area contributed by atoms with Crippen LogP contribution < -0.4 is 5.73 Å². The largest absolute Gasteiger partial charge is 0.369 e. The Morgan fingerprint density at radius 1 is 1.23 bits per heavy atom. The Hall–Kier alpha value is -2.37. The number of nitrogens with two attached hydrogens (primary N) is 1. The van der Waals surface area contributed by atoms with Gasteiger partial charge in [0.25, 0.3) is 0 Å². The molecule has 0 aromatic heterocycles. The number of nitroso groups, excluding NO2 is 1. The fraction of sp³-hybridized carbons (Fsp3) is 0.286. The highest BCUT2D eigenvalue weighted by Gasteiger charge is 2.26. The summed E-state index contributed by atoms with van der Waals surface area (Å²) in [7, 11) is 0. The highest BCUT2D eigenvalue weighted by Crippen LogP contribution is 2.37. The Bertz CT molecular complexity index is 859. The maximum Gasteiger partial charge on any atom is 0.177 e. The van der Waals surface area contributed by atoms with Crippen molar-refractivity contribution in [1.29, 1.82) is 0 Å². The topological polar surface area (TPSA) is 58.7 Å². The minimum Gasteiger partial charge on any atom is -0.369 e. The van der Waals surface area contributed by atoms with Crippen molar-refractivity contribution in [3.63, 3.8) is 0 Å². The summed E-state index contributed by atoms with van der Waals surface area (Å²) in [5, 5.41) is 2.93. The van der Waals surface area contributed by atoms with Crippen molar-refractivity contribution in [1.82, 2.24) is 4.90 Å². The van der Waals surface area contributed by atoms with E-state index >= 15 is 0 Å². The second kappa shape index (κ2) is 7.89. The SMILES string of the molecule is CC(C)CN1Cc2ccc(C(=S)N=O)cc2C(c2ccccc2)=C1CN. The lowest BCUT2D eigenvalue weighted by atomic mass is 9.87. The molecule has 2 aromatic carbocycles. The van der Waals surface area contributed by atoms with Gasteiger partial charge in [0, 0.05) is 36.5 Å². The smallest absolute Gasteiger partial charge is 0.177 e. The van der Waals surface area contributed by atoms with Gasteiger partial charge in [-0.1, -0.05) is 68.5 Å². The van der Waals surface area contributed by atoms with E-state index < -0.39 is 0 Å². The Balaban J connectivity index is 2.23. The van der Waals surface area contributed by atoms with Gasteiger partial charge in [-0.05, 0) is 33.9 Å². The molecule has 2 N–H and O–H groups in total. The van der Waals surface area contributed by atoms with Gasteiger partial charge in [-0.3, -0.25) is 0 Å². The highest BCUT2D eigenvalue weighted by atomic mass is 32.1. The molecule has 1 heterocycles. The zero-order valence-electron chi connectivity index (χ0n) is 15.1. The Labute approximate surface area is 159 Å². The van der Waals surface area contributed by atoms with E-state index in [9.17, 15) is 4.91 Å². The van der Waals surface area contributed by atoms with Gasteiger partial charge in [0.2, 0.25) is 0 Å². The molecule has 1 aliphatic rings. The van der Waals surface area contributed by atoms with E-state index in [0.29, 0.717) is 18.0 Å². The fourth-order valence-corrected chi connectivity index (χ4v) is 3.65. The molecule has 0 saturated heterocycles. The van der Waals surface area contributed by atoms with Crippen molar-refractivity contribution in [2.45, 2.75) is 20.4 Å². The summed E-state index contributed by atoms with van der Waals surface area (Å²) < 4.78 is 0. The van der Waals surface area contributed by atoms with Crippen molar-refractivity contribution in [2.24, 2.45) is 16.8 Å². The van der Waals surface area contributed by atoms with Crippen LogP contribution in [0.2, 0.25) is 0 Å². The van der Waals surface area contributed by atoms with Gasteiger partial charge in [0.1, 0.15) is 0 Å². The van der Waals surface area contributed by atoms with Crippen LogP contribution in [0.25, 0.3) is 5.57 Å². The van der Waals surface area contributed by atoms with Crippen molar-refractivity contribution < 1.29 is 0 Å². The quantitative estimate of drug-likeness (QED) is 0.633. The van der Waals surface area contributed by atoms with Crippen LogP contribution in [0.3, 0.4) is 0 Å². The van der Waals surface area contributed by atoms with E-state index in [1.807, 2.05) is 36.4 Å². The van der Waals surface area contributed by atoms with E-state index in [0.717, 1.165) is 35.5 Å². The van der Waals surface area contributed by atoms with Gasteiger partial charge in [0.05, 0.1) is 0 Å². The second-order valence-electron chi connectivity index (χ2n) is 6.93. The minimum absolute atomic E-state index is 0.0825. The van der Waals surface area contributed by atoms with Gasteiger partial charge in [-0.2, -0.15) is 0 Å². The average molecular weight is 366 g/mol. The molecule has 0 radical (unpaired) electrons. The number of benzene rings is 2. The van der Waals surface area contributed by atoms with Gasteiger partial charge in [-0.25, -0.2) is 0 Å². The summed E-state index contributed by atoms with van der Waals surface area (Å²) >= 11 is 5.09. The third-order valence-corrected chi connectivity index (χ3v) is 4.89. The van der Waals surface area contributed by atoms with Crippen LogP contribution in [-0.2, 0) is 6.54 Å². The van der Waals surface area contributed by atoms with Crippen LogP contribution in [0.15, 0.2) is 59.4 Å². The van der Waals surface area contributed by atoms with Crippen LogP contribution >= 0.6 is 12.2 Å². The van der Waals surface area contributed by atoms with Crippen molar-refractivity contribution in [3.05, 3.63) is 81.4 Å². The first-order valence-corrected chi connectivity index (χ1v) is 9.20. The van der Waals surface area contributed by atoms with Crippen molar-refractivity contribution in [2.75, 3.05) is 13.1 Å². The molecular formula is C21H23N3OS. The standard InChI is InChI=1S/C21H23N3OS/c1-14(2)12-24-13-17-9-8-16(21(26)23-25)10-18(17)20(19(24)11-22)15-6-4-3-5-7-15/h3-10,14H,11-13,22H2,1-2H3. The lowest BCUT2D eigenvalue weighted by Crippen LogP contribution is -2.34. The third kappa shape index (κ3) is 3.59. The number of rotatable bonds is 5. The van der Waals surface area contributed by atoms with Crippen molar-refractivity contribution >= 4 is 22.8 Å². The number of hydrogen-bond acceptors (Lipinski definition) is 4. The molecule has 26 heavy (non-hydrogen) atoms. The monoisotopic (exact) mass is 365 g/mol. The number of hydrogen-bond donors (Lipinski definition) is 1. The lowest BCUT2D eigenvalue weighted by Gasteiger charge is -2.36. The summed E-state index contributed by atoms with van der Waals surface area (Å²) in [6.07, 6.45) is 0. The predicted octanol–water partition coefficient (Wildman–Crippen LogP) is 4.32. The Morgan fingerprint density at radius 3 is 2.58 bits per heavy atom. The maximum atomic E-state index is 10.9. The van der Waals surface area contributed by atoms with Crippen LogP contribution in [0.5, 0.6) is 0 Å². The molecule has 0 fully saturated rings. The highest BCUT2D eigenvalue weighted by molar-refractivity contribution is 7.80. The molecule has 134 valence electrons. The zero-order valence-corrected chi connectivity index (χ0v) is 15.9. The first kappa shape index (κ1) is 18.4. The molecule has 0 atom stereocenters. The maximum absolute atomic E-state index is 10.9. The molecular weight excluding hydrogens is 342 g/mol. The van der Waals surface area contributed by atoms with Gasteiger partial charge in [0.15, 0.2) is 4.99 Å².